The van der Waals surface area contributed by atoms with Crippen molar-refractivity contribution in [2.24, 2.45) is 0 Å². The first-order valence-electron chi connectivity index (χ1n) is 7.90. The lowest BCUT2D eigenvalue weighted by Crippen LogP contribution is -2.89. The topological polar surface area (TPSA) is 45.6 Å². The molecule has 2 heterocycles. The summed E-state index contributed by atoms with van der Waals surface area (Å²) < 4.78 is 0. The summed E-state index contributed by atoms with van der Waals surface area (Å²) >= 11 is 6.20. The molecule has 4 rings (SSSR count). The minimum atomic E-state index is 0.707. The van der Waals surface area contributed by atoms with Gasteiger partial charge in [0.15, 0.2) is 0 Å². The predicted octanol–water partition coefficient (Wildman–Crippen LogP) is 2.33. The fourth-order valence-electron chi connectivity index (χ4n) is 3.00. The molecule has 0 spiro atoms. The molecule has 0 radical (unpaired) electrons. The first kappa shape index (κ1) is 14.4. The monoisotopic (exact) mass is 325 g/mol. The third kappa shape index (κ3) is 2.87. The van der Waals surface area contributed by atoms with E-state index in [9.17, 15) is 0 Å². The van der Waals surface area contributed by atoms with E-state index in [0.29, 0.717) is 5.02 Å². The normalized spacial score (nSPS) is 15.1. The van der Waals surface area contributed by atoms with Crippen molar-refractivity contribution in [3.8, 4) is 11.3 Å². The Bertz CT molecular complexity index is 829. The van der Waals surface area contributed by atoms with Crippen molar-refractivity contribution in [3.63, 3.8) is 0 Å². The van der Waals surface area contributed by atoms with Gasteiger partial charge in [-0.15, -0.1) is 0 Å². The van der Waals surface area contributed by atoms with Crippen molar-refractivity contribution in [1.29, 1.82) is 0 Å². The maximum Gasteiger partial charge on any atom is 0.226 e. The third-order valence-electron chi connectivity index (χ3n) is 4.18. The Labute approximate surface area is 140 Å². The molecule has 1 aromatic heterocycles. The van der Waals surface area contributed by atoms with E-state index in [0.717, 1.165) is 54.3 Å². The molecule has 0 unspecified atom stereocenters. The molecule has 2 N–H and O–H groups in total. The second-order valence-electron chi connectivity index (χ2n) is 5.75. The standard InChI is InChI=1S/C18H17ClN4/c19-14-6-7-16-15(12-14)17(13-4-2-1-3-5-13)22-18(21-16)23-10-8-20-9-11-23/h1-7,12,20H,8-11H2/p+1. The highest BCUT2D eigenvalue weighted by Crippen LogP contribution is 2.30. The summed E-state index contributed by atoms with van der Waals surface area (Å²) in [7, 11) is 0. The lowest BCUT2D eigenvalue weighted by molar-refractivity contribution is -0.655. The number of quaternary nitrogens is 1. The van der Waals surface area contributed by atoms with Gasteiger partial charge in [0.2, 0.25) is 5.95 Å². The average Bonchev–Trinajstić information content (AvgIpc) is 2.62. The van der Waals surface area contributed by atoms with Crippen LogP contribution in [0, 0.1) is 0 Å². The molecule has 0 saturated carbocycles. The number of fused-ring (bicyclic) bond motifs is 1. The molecule has 0 atom stereocenters. The second kappa shape index (κ2) is 6.14. The minimum Gasteiger partial charge on any atom is -0.343 e. The summed E-state index contributed by atoms with van der Waals surface area (Å²) in [5.74, 6) is 0.812. The third-order valence-corrected chi connectivity index (χ3v) is 4.42. The number of anilines is 1. The van der Waals surface area contributed by atoms with Crippen LogP contribution in [-0.2, 0) is 0 Å². The maximum absolute atomic E-state index is 6.20. The quantitative estimate of drug-likeness (QED) is 0.786. The Morgan fingerprint density at radius 2 is 1.74 bits per heavy atom. The molecule has 116 valence electrons. The Morgan fingerprint density at radius 1 is 0.957 bits per heavy atom. The van der Waals surface area contributed by atoms with Crippen LogP contribution in [-0.4, -0.2) is 36.1 Å². The van der Waals surface area contributed by atoms with Crippen molar-refractivity contribution in [3.05, 3.63) is 53.6 Å². The van der Waals surface area contributed by atoms with E-state index in [1.807, 2.05) is 36.4 Å². The first-order chi connectivity index (χ1) is 11.3. The summed E-state index contributed by atoms with van der Waals surface area (Å²) in [6.07, 6.45) is 0. The molecule has 23 heavy (non-hydrogen) atoms. The molecular weight excluding hydrogens is 308 g/mol. The Hall–Kier alpha value is -2.17. The molecule has 1 aliphatic rings. The predicted molar refractivity (Wildman–Crippen MR) is 93.9 cm³/mol. The molecule has 1 saturated heterocycles. The molecule has 4 nitrogen and oxygen atoms in total. The molecule has 0 aliphatic carbocycles. The van der Waals surface area contributed by atoms with Crippen LogP contribution in [0.1, 0.15) is 0 Å². The Balaban J connectivity index is 1.91. The minimum absolute atomic E-state index is 0.707. The van der Waals surface area contributed by atoms with Gasteiger partial charge in [-0.3, -0.25) is 0 Å². The van der Waals surface area contributed by atoms with Gasteiger partial charge in [-0.2, -0.15) is 0 Å². The molecule has 5 heteroatoms. The fraction of sp³-hybridized carbons (Fsp3) is 0.222. The van der Waals surface area contributed by atoms with Crippen molar-refractivity contribution >= 4 is 28.5 Å². The van der Waals surface area contributed by atoms with Crippen LogP contribution < -0.4 is 10.2 Å². The van der Waals surface area contributed by atoms with Gasteiger partial charge in [0.1, 0.15) is 0 Å². The molecule has 2 aromatic carbocycles. The molecule has 0 amide bonds. The van der Waals surface area contributed by atoms with Crippen LogP contribution >= 0.6 is 11.6 Å². The highest BCUT2D eigenvalue weighted by molar-refractivity contribution is 6.31. The van der Waals surface area contributed by atoms with E-state index in [1.54, 1.807) is 0 Å². The fourth-order valence-corrected chi connectivity index (χ4v) is 3.17. The van der Waals surface area contributed by atoms with Crippen LogP contribution in [0.2, 0.25) is 5.02 Å². The van der Waals surface area contributed by atoms with Gasteiger partial charge in [0.05, 0.1) is 37.4 Å². The molecule has 3 aromatic rings. The summed E-state index contributed by atoms with van der Waals surface area (Å²) in [6, 6.07) is 16.1. The number of hydrogen-bond acceptors (Lipinski definition) is 3. The average molecular weight is 326 g/mol. The maximum atomic E-state index is 6.20. The smallest absolute Gasteiger partial charge is 0.226 e. The van der Waals surface area contributed by atoms with E-state index in [2.05, 4.69) is 22.3 Å². The second-order valence-corrected chi connectivity index (χ2v) is 6.19. The van der Waals surface area contributed by atoms with E-state index in [4.69, 9.17) is 21.6 Å². The zero-order valence-electron chi connectivity index (χ0n) is 12.7. The number of halogens is 1. The Morgan fingerprint density at radius 3 is 2.52 bits per heavy atom. The highest BCUT2D eigenvalue weighted by Gasteiger charge is 2.18. The van der Waals surface area contributed by atoms with E-state index in [1.165, 1.54) is 0 Å². The van der Waals surface area contributed by atoms with E-state index < -0.39 is 0 Å². The molecule has 1 fully saturated rings. The zero-order valence-corrected chi connectivity index (χ0v) is 13.5. The lowest BCUT2D eigenvalue weighted by atomic mass is 10.1. The van der Waals surface area contributed by atoms with Gasteiger partial charge >= 0.3 is 0 Å². The number of hydrogen-bond donors (Lipinski definition) is 1. The first-order valence-corrected chi connectivity index (χ1v) is 8.28. The van der Waals surface area contributed by atoms with Gasteiger partial charge in [-0.25, -0.2) is 9.97 Å². The number of piperazine rings is 1. The number of aromatic nitrogens is 2. The summed E-state index contributed by atoms with van der Waals surface area (Å²) in [5, 5.41) is 4.03. The number of rotatable bonds is 2. The zero-order chi connectivity index (χ0) is 15.6. The number of benzene rings is 2. The van der Waals surface area contributed by atoms with E-state index >= 15 is 0 Å². The molecule has 1 aliphatic heterocycles. The number of nitrogens with zero attached hydrogens (tertiary/aromatic N) is 3. The Kier molecular flexibility index (Phi) is 3.85. The lowest BCUT2D eigenvalue weighted by Gasteiger charge is -2.26. The van der Waals surface area contributed by atoms with Crippen LogP contribution in [0.3, 0.4) is 0 Å². The SMILES string of the molecule is Clc1ccc2nc(N3CC[NH2+]CC3)nc(-c3ccccc3)c2c1. The van der Waals surface area contributed by atoms with Gasteiger partial charge in [0.25, 0.3) is 0 Å². The number of nitrogens with two attached hydrogens (primary N) is 1. The highest BCUT2D eigenvalue weighted by atomic mass is 35.5. The van der Waals surface area contributed by atoms with Gasteiger partial charge in [-0.05, 0) is 18.2 Å². The van der Waals surface area contributed by atoms with Crippen LogP contribution in [0.15, 0.2) is 48.5 Å². The molecule has 0 bridgehead atoms. The van der Waals surface area contributed by atoms with Crippen molar-refractivity contribution in [1.82, 2.24) is 9.97 Å². The van der Waals surface area contributed by atoms with Crippen LogP contribution in [0.5, 0.6) is 0 Å². The van der Waals surface area contributed by atoms with Crippen molar-refractivity contribution < 1.29 is 5.32 Å². The van der Waals surface area contributed by atoms with Crippen LogP contribution in [0.25, 0.3) is 22.2 Å². The van der Waals surface area contributed by atoms with Crippen molar-refractivity contribution in [2.45, 2.75) is 0 Å². The van der Waals surface area contributed by atoms with Gasteiger partial charge in [-0.1, -0.05) is 41.9 Å². The summed E-state index contributed by atoms with van der Waals surface area (Å²) in [5.41, 5.74) is 2.97. The van der Waals surface area contributed by atoms with E-state index in [-0.39, 0.29) is 0 Å². The van der Waals surface area contributed by atoms with Crippen LogP contribution in [0.4, 0.5) is 5.95 Å². The van der Waals surface area contributed by atoms with Crippen molar-refractivity contribution in [2.75, 3.05) is 31.1 Å². The molecular formula is C18H18ClN4+. The summed E-state index contributed by atoms with van der Waals surface area (Å²) in [4.78, 5) is 11.9. The largest absolute Gasteiger partial charge is 0.343 e. The summed E-state index contributed by atoms with van der Waals surface area (Å²) in [6.45, 7) is 4.13. The van der Waals surface area contributed by atoms with Gasteiger partial charge in [0, 0.05) is 16.0 Å². The van der Waals surface area contributed by atoms with Gasteiger partial charge < -0.3 is 10.2 Å².